The fraction of sp³-hybridized carbons (Fsp3) is 0.167. The summed E-state index contributed by atoms with van der Waals surface area (Å²) in [6.45, 7) is 3.80. The summed E-state index contributed by atoms with van der Waals surface area (Å²) in [5.41, 5.74) is 3.43. The van der Waals surface area contributed by atoms with Crippen molar-refractivity contribution in [2.24, 2.45) is 0 Å². The minimum absolute atomic E-state index is 0.258. The number of nitrogens with zero attached hydrogens (tertiary/aromatic N) is 3. The average Bonchev–Trinajstić information content (AvgIpc) is 2.96. The number of halogens is 1. The van der Waals surface area contributed by atoms with Crippen molar-refractivity contribution in [2.45, 2.75) is 13.8 Å². The molecule has 3 aromatic rings. The van der Waals surface area contributed by atoms with Crippen molar-refractivity contribution in [1.29, 1.82) is 0 Å². The van der Waals surface area contributed by atoms with Gasteiger partial charge in [0.1, 0.15) is 5.75 Å². The number of hydrogen-bond acceptors (Lipinski definition) is 4. The molecule has 0 radical (unpaired) electrons. The van der Waals surface area contributed by atoms with Gasteiger partial charge < -0.3 is 10.1 Å². The highest BCUT2D eigenvalue weighted by molar-refractivity contribution is 6.32. The van der Waals surface area contributed by atoms with Gasteiger partial charge in [-0.05, 0) is 49.7 Å². The predicted octanol–water partition coefficient (Wildman–Crippen LogP) is 3.80. The van der Waals surface area contributed by atoms with Crippen molar-refractivity contribution in [3.05, 3.63) is 64.4 Å². The minimum Gasteiger partial charge on any atom is -0.495 e. The van der Waals surface area contributed by atoms with Gasteiger partial charge in [0.2, 0.25) is 0 Å². The quantitative estimate of drug-likeness (QED) is 0.772. The molecule has 0 fully saturated rings. The van der Waals surface area contributed by atoms with Crippen molar-refractivity contribution < 1.29 is 9.53 Å². The van der Waals surface area contributed by atoms with Crippen LogP contribution in [-0.4, -0.2) is 28.0 Å². The van der Waals surface area contributed by atoms with Crippen LogP contribution in [-0.2, 0) is 0 Å². The Morgan fingerprint density at radius 1 is 1.20 bits per heavy atom. The Labute approximate surface area is 150 Å². The van der Waals surface area contributed by atoms with E-state index < -0.39 is 0 Å². The molecule has 1 aromatic heterocycles. The molecule has 0 aliphatic carbocycles. The first kappa shape index (κ1) is 17.0. The fourth-order valence-corrected chi connectivity index (χ4v) is 2.74. The van der Waals surface area contributed by atoms with E-state index in [1.165, 1.54) is 7.11 Å². The van der Waals surface area contributed by atoms with Gasteiger partial charge in [0.25, 0.3) is 5.91 Å². The Balaban J connectivity index is 1.85. The van der Waals surface area contributed by atoms with Crippen LogP contribution in [0.3, 0.4) is 0 Å². The predicted molar refractivity (Wildman–Crippen MR) is 96.8 cm³/mol. The van der Waals surface area contributed by atoms with Gasteiger partial charge in [-0.3, -0.25) is 4.79 Å². The first-order valence-electron chi connectivity index (χ1n) is 7.64. The number of hydrogen-bond donors (Lipinski definition) is 1. The van der Waals surface area contributed by atoms with Crippen LogP contribution in [0, 0.1) is 13.8 Å². The SMILES string of the molecule is COc1ccc(NC(=O)c2nnn(-c3cccc(C)c3)c2C)cc1Cl. The molecule has 0 aliphatic heterocycles. The summed E-state index contributed by atoms with van der Waals surface area (Å²) in [5, 5.41) is 11.3. The molecular weight excluding hydrogens is 340 g/mol. The zero-order valence-electron chi connectivity index (χ0n) is 14.1. The second-order valence-electron chi connectivity index (χ2n) is 5.58. The van der Waals surface area contributed by atoms with Crippen LogP contribution in [0.15, 0.2) is 42.5 Å². The molecule has 7 heteroatoms. The highest BCUT2D eigenvalue weighted by Gasteiger charge is 2.18. The maximum atomic E-state index is 12.5. The molecule has 0 bridgehead atoms. The van der Waals surface area contributed by atoms with E-state index in [1.54, 1.807) is 29.8 Å². The summed E-state index contributed by atoms with van der Waals surface area (Å²) < 4.78 is 6.74. The number of aryl methyl sites for hydroxylation is 1. The van der Waals surface area contributed by atoms with E-state index in [9.17, 15) is 4.79 Å². The summed E-state index contributed by atoms with van der Waals surface area (Å²) >= 11 is 6.08. The fourth-order valence-electron chi connectivity index (χ4n) is 2.48. The molecule has 0 spiro atoms. The maximum Gasteiger partial charge on any atom is 0.278 e. The van der Waals surface area contributed by atoms with Crippen LogP contribution in [0.2, 0.25) is 5.02 Å². The number of carbonyl (C=O) groups is 1. The van der Waals surface area contributed by atoms with Crippen molar-refractivity contribution in [2.75, 3.05) is 12.4 Å². The Morgan fingerprint density at radius 3 is 2.68 bits per heavy atom. The number of rotatable bonds is 4. The third kappa shape index (κ3) is 3.49. The molecule has 1 N–H and O–H groups in total. The number of methoxy groups -OCH3 is 1. The number of anilines is 1. The monoisotopic (exact) mass is 356 g/mol. The molecule has 2 aromatic carbocycles. The maximum absolute atomic E-state index is 12.5. The normalized spacial score (nSPS) is 10.6. The van der Waals surface area contributed by atoms with Gasteiger partial charge in [-0.25, -0.2) is 4.68 Å². The van der Waals surface area contributed by atoms with Crippen LogP contribution >= 0.6 is 11.6 Å². The molecule has 3 rings (SSSR count). The van der Waals surface area contributed by atoms with Gasteiger partial charge in [0.15, 0.2) is 5.69 Å². The van der Waals surface area contributed by atoms with Crippen molar-refractivity contribution in [3.8, 4) is 11.4 Å². The number of nitrogens with one attached hydrogen (secondary N) is 1. The van der Waals surface area contributed by atoms with Gasteiger partial charge in [-0.2, -0.15) is 0 Å². The van der Waals surface area contributed by atoms with E-state index in [4.69, 9.17) is 16.3 Å². The van der Waals surface area contributed by atoms with Gasteiger partial charge in [0.05, 0.1) is 23.5 Å². The molecule has 0 saturated carbocycles. The van der Waals surface area contributed by atoms with E-state index in [2.05, 4.69) is 15.6 Å². The molecule has 0 aliphatic rings. The van der Waals surface area contributed by atoms with Gasteiger partial charge >= 0.3 is 0 Å². The number of carbonyl (C=O) groups excluding carboxylic acids is 1. The van der Waals surface area contributed by atoms with Crippen LogP contribution in [0.25, 0.3) is 5.69 Å². The summed E-state index contributed by atoms with van der Waals surface area (Å²) in [4.78, 5) is 12.5. The first-order valence-corrected chi connectivity index (χ1v) is 8.01. The van der Waals surface area contributed by atoms with Crippen molar-refractivity contribution in [1.82, 2.24) is 15.0 Å². The zero-order valence-corrected chi connectivity index (χ0v) is 14.8. The summed E-state index contributed by atoms with van der Waals surface area (Å²) in [6.07, 6.45) is 0. The molecule has 0 unspecified atom stereocenters. The van der Waals surface area contributed by atoms with E-state index in [0.29, 0.717) is 22.2 Å². The van der Waals surface area contributed by atoms with Crippen molar-refractivity contribution in [3.63, 3.8) is 0 Å². The van der Waals surface area contributed by atoms with E-state index in [-0.39, 0.29) is 11.6 Å². The summed E-state index contributed by atoms with van der Waals surface area (Å²) in [6, 6.07) is 12.9. The highest BCUT2D eigenvalue weighted by Crippen LogP contribution is 2.27. The topological polar surface area (TPSA) is 69.0 Å². The lowest BCUT2D eigenvalue weighted by atomic mass is 10.2. The highest BCUT2D eigenvalue weighted by atomic mass is 35.5. The molecule has 1 amide bonds. The van der Waals surface area contributed by atoms with Crippen LogP contribution in [0.5, 0.6) is 5.75 Å². The van der Waals surface area contributed by atoms with E-state index >= 15 is 0 Å². The number of amides is 1. The van der Waals surface area contributed by atoms with Gasteiger partial charge in [-0.1, -0.05) is 28.9 Å². The standard InChI is InChI=1S/C18H17ClN4O2/c1-11-5-4-6-14(9-11)23-12(2)17(21-22-23)18(24)20-13-7-8-16(25-3)15(19)10-13/h4-10H,1-3H3,(H,20,24). The van der Waals surface area contributed by atoms with Crippen LogP contribution in [0.4, 0.5) is 5.69 Å². The largest absolute Gasteiger partial charge is 0.495 e. The first-order chi connectivity index (χ1) is 12.0. The lowest BCUT2D eigenvalue weighted by Crippen LogP contribution is -2.14. The Kier molecular flexibility index (Phi) is 4.72. The number of aromatic nitrogens is 3. The molecule has 0 atom stereocenters. The van der Waals surface area contributed by atoms with Crippen LogP contribution in [0.1, 0.15) is 21.7 Å². The number of benzene rings is 2. The Hall–Kier alpha value is -2.86. The lowest BCUT2D eigenvalue weighted by Gasteiger charge is -2.08. The molecule has 1 heterocycles. The van der Waals surface area contributed by atoms with E-state index in [1.807, 2.05) is 31.2 Å². The minimum atomic E-state index is -0.349. The van der Waals surface area contributed by atoms with Gasteiger partial charge in [0, 0.05) is 5.69 Å². The summed E-state index contributed by atoms with van der Waals surface area (Å²) in [5.74, 6) is 0.193. The summed E-state index contributed by atoms with van der Waals surface area (Å²) in [7, 11) is 1.53. The molecule has 128 valence electrons. The number of ether oxygens (including phenoxy) is 1. The molecular formula is C18H17ClN4O2. The van der Waals surface area contributed by atoms with Crippen LogP contribution < -0.4 is 10.1 Å². The smallest absolute Gasteiger partial charge is 0.278 e. The Morgan fingerprint density at radius 2 is 2.00 bits per heavy atom. The average molecular weight is 357 g/mol. The lowest BCUT2D eigenvalue weighted by molar-refractivity contribution is 0.102. The Bertz CT molecular complexity index is 937. The second-order valence-corrected chi connectivity index (χ2v) is 5.98. The van der Waals surface area contributed by atoms with Crippen molar-refractivity contribution >= 4 is 23.2 Å². The van der Waals surface area contributed by atoms with Gasteiger partial charge in [-0.15, -0.1) is 5.10 Å². The molecule has 0 saturated heterocycles. The molecule has 25 heavy (non-hydrogen) atoms. The molecule has 6 nitrogen and oxygen atoms in total. The van der Waals surface area contributed by atoms with E-state index in [0.717, 1.165) is 11.3 Å². The second kappa shape index (κ2) is 6.94. The zero-order chi connectivity index (χ0) is 18.0. The third-order valence-electron chi connectivity index (χ3n) is 3.77. The third-order valence-corrected chi connectivity index (χ3v) is 4.06.